The highest BCUT2D eigenvalue weighted by Gasteiger charge is 2.32. The van der Waals surface area contributed by atoms with Gasteiger partial charge in [0.25, 0.3) is 5.56 Å². The number of aromatic nitrogens is 2. The number of piperidine rings is 2. The third-order valence-electron chi connectivity index (χ3n) is 6.04. The maximum Gasteiger partial charge on any atom is 0.258 e. The maximum atomic E-state index is 12.3. The number of hydrogen-bond acceptors (Lipinski definition) is 4. The SMILES string of the molecule is O=C(CCc1nc2ccccc2c(=O)[nH]1)NC[C@@H]1CCCN2CCCC[C@@H]12. The van der Waals surface area contributed by atoms with Gasteiger partial charge in [0.1, 0.15) is 5.82 Å². The molecular formula is C21H28N4O2. The fourth-order valence-corrected chi connectivity index (χ4v) is 4.63. The molecule has 6 nitrogen and oxygen atoms in total. The first-order chi connectivity index (χ1) is 13.2. The summed E-state index contributed by atoms with van der Waals surface area (Å²) in [4.78, 5) is 34.3. The number of para-hydroxylation sites is 1. The van der Waals surface area contributed by atoms with Gasteiger partial charge < -0.3 is 15.2 Å². The highest BCUT2D eigenvalue weighted by molar-refractivity contribution is 5.78. The summed E-state index contributed by atoms with van der Waals surface area (Å²) in [7, 11) is 0. The van der Waals surface area contributed by atoms with Crippen molar-refractivity contribution in [2.24, 2.45) is 5.92 Å². The average molecular weight is 368 g/mol. The lowest BCUT2D eigenvalue weighted by Crippen LogP contribution is -2.51. The number of fused-ring (bicyclic) bond motifs is 2. The Balaban J connectivity index is 1.30. The Kier molecular flexibility index (Phi) is 5.53. The Morgan fingerprint density at radius 1 is 1.19 bits per heavy atom. The highest BCUT2D eigenvalue weighted by Crippen LogP contribution is 2.30. The summed E-state index contributed by atoms with van der Waals surface area (Å²) >= 11 is 0. The number of rotatable bonds is 5. The second kappa shape index (κ2) is 8.21. The van der Waals surface area contributed by atoms with Crippen LogP contribution < -0.4 is 10.9 Å². The van der Waals surface area contributed by atoms with E-state index in [0.717, 1.165) is 6.54 Å². The van der Waals surface area contributed by atoms with Gasteiger partial charge in [-0.15, -0.1) is 0 Å². The zero-order valence-electron chi connectivity index (χ0n) is 15.7. The largest absolute Gasteiger partial charge is 0.356 e. The molecule has 1 aromatic carbocycles. The average Bonchev–Trinajstić information content (AvgIpc) is 2.71. The highest BCUT2D eigenvalue weighted by atomic mass is 16.1. The van der Waals surface area contributed by atoms with Crippen LogP contribution >= 0.6 is 0 Å². The first kappa shape index (κ1) is 18.2. The number of nitrogens with one attached hydrogen (secondary N) is 2. The molecule has 144 valence electrons. The summed E-state index contributed by atoms with van der Waals surface area (Å²) < 4.78 is 0. The standard InChI is InChI=1S/C21H28N4O2/c26-20(22-14-15-6-5-13-25-12-4-3-9-18(15)25)11-10-19-23-17-8-2-1-7-16(17)21(27)24-19/h1-2,7-8,15,18H,3-6,9-14H2,(H,22,26)(H,23,24,27)/t15-,18-/m0/s1. The lowest BCUT2D eigenvalue weighted by Gasteiger charge is -2.44. The van der Waals surface area contributed by atoms with E-state index in [0.29, 0.717) is 41.5 Å². The third kappa shape index (κ3) is 4.21. The first-order valence-corrected chi connectivity index (χ1v) is 10.2. The van der Waals surface area contributed by atoms with E-state index in [4.69, 9.17) is 0 Å². The lowest BCUT2D eigenvalue weighted by atomic mass is 9.83. The van der Waals surface area contributed by atoms with E-state index in [9.17, 15) is 9.59 Å². The van der Waals surface area contributed by atoms with Crippen molar-refractivity contribution < 1.29 is 4.79 Å². The number of aromatic amines is 1. The number of benzene rings is 1. The molecule has 1 aromatic heterocycles. The van der Waals surface area contributed by atoms with Gasteiger partial charge in [-0.3, -0.25) is 9.59 Å². The fraction of sp³-hybridized carbons (Fsp3) is 0.571. The van der Waals surface area contributed by atoms with Crippen molar-refractivity contribution in [1.29, 1.82) is 0 Å². The molecule has 2 aliphatic rings. The molecule has 2 N–H and O–H groups in total. The number of hydrogen-bond donors (Lipinski definition) is 2. The molecule has 27 heavy (non-hydrogen) atoms. The maximum absolute atomic E-state index is 12.3. The summed E-state index contributed by atoms with van der Waals surface area (Å²) in [5, 5.41) is 3.71. The van der Waals surface area contributed by atoms with Crippen molar-refractivity contribution in [3.8, 4) is 0 Å². The van der Waals surface area contributed by atoms with Crippen LogP contribution in [0, 0.1) is 5.92 Å². The number of nitrogens with zero attached hydrogens (tertiary/aromatic N) is 2. The molecule has 0 saturated carbocycles. The van der Waals surface area contributed by atoms with Gasteiger partial charge in [-0.1, -0.05) is 18.6 Å². The summed E-state index contributed by atoms with van der Waals surface area (Å²) in [6.45, 7) is 3.20. The van der Waals surface area contributed by atoms with Crippen molar-refractivity contribution in [3.05, 3.63) is 40.4 Å². The van der Waals surface area contributed by atoms with E-state index < -0.39 is 0 Å². The van der Waals surface area contributed by atoms with E-state index >= 15 is 0 Å². The van der Waals surface area contributed by atoms with Crippen LogP contribution in [-0.2, 0) is 11.2 Å². The molecule has 2 aliphatic heterocycles. The molecule has 2 saturated heterocycles. The van der Waals surface area contributed by atoms with Crippen LogP contribution in [0.2, 0.25) is 0 Å². The predicted molar refractivity (Wildman–Crippen MR) is 106 cm³/mol. The van der Waals surface area contributed by atoms with Crippen molar-refractivity contribution in [3.63, 3.8) is 0 Å². The predicted octanol–water partition coefficient (Wildman–Crippen LogP) is 2.24. The molecule has 0 radical (unpaired) electrons. The Morgan fingerprint density at radius 3 is 2.96 bits per heavy atom. The first-order valence-electron chi connectivity index (χ1n) is 10.2. The summed E-state index contributed by atoms with van der Waals surface area (Å²) in [6.07, 6.45) is 7.14. The molecule has 0 unspecified atom stereocenters. The van der Waals surface area contributed by atoms with Crippen molar-refractivity contribution in [2.45, 2.75) is 51.0 Å². The minimum absolute atomic E-state index is 0.0405. The van der Waals surface area contributed by atoms with E-state index in [1.807, 2.05) is 18.2 Å². The number of H-pyrrole nitrogens is 1. The quantitative estimate of drug-likeness (QED) is 0.848. The van der Waals surface area contributed by atoms with E-state index in [-0.39, 0.29) is 11.5 Å². The van der Waals surface area contributed by atoms with E-state index in [2.05, 4.69) is 20.2 Å². The van der Waals surface area contributed by atoms with E-state index in [1.165, 1.54) is 45.2 Å². The molecule has 2 aromatic rings. The smallest absolute Gasteiger partial charge is 0.258 e. The van der Waals surface area contributed by atoms with Crippen LogP contribution in [0.4, 0.5) is 0 Å². The number of carbonyl (C=O) groups excluding carboxylic acids is 1. The van der Waals surface area contributed by atoms with Gasteiger partial charge in [0.05, 0.1) is 10.9 Å². The second-order valence-electron chi connectivity index (χ2n) is 7.84. The third-order valence-corrected chi connectivity index (χ3v) is 6.04. The zero-order chi connectivity index (χ0) is 18.6. The van der Waals surface area contributed by atoms with Gasteiger partial charge in [-0.2, -0.15) is 0 Å². The molecule has 2 fully saturated rings. The molecular weight excluding hydrogens is 340 g/mol. The molecule has 1 amide bonds. The molecule has 4 rings (SSSR count). The van der Waals surface area contributed by atoms with Gasteiger partial charge in [-0.05, 0) is 56.8 Å². The van der Waals surface area contributed by atoms with Gasteiger partial charge in [0.15, 0.2) is 0 Å². The monoisotopic (exact) mass is 368 g/mol. The van der Waals surface area contributed by atoms with Crippen LogP contribution in [0.25, 0.3) is 10.9 Å². The second-order valence-corrected chi connectivity index (χ2v) is 7.84. The minimum atomic E-state index is -0.143. The van der Waals surface area contributed by atoms with Crippen LogP contribution in [0.15, 0.2) is 29.1 Å². The number of carbonyl (C=O) groups is 1. The van der Waals surface area contributed by atoms with Gasteiger partial charge in [-0.25, -0.2) is 4.98 Å². The Labute approximate surface area is 159 Å². The number of aryl methyl sites for hydroxylation is 1. The van der Waals surface area contributed by atoms with Gasteiger partial charge in [0.2, 0.25) is 5.91 Å². The van der Waals surface area contributed by atoms with Crippen LogP contribution in [0.5, 0.6) is 0 Å². The molecule has 6 heteroatoms. The molecule has 2 atom stereocenters. The lowest BCUT2D eigenvalue weighted by molar-refractivity contribution is -0.121. The topological polar surface area (TPSA) is 78.1 Å². The van der Waals surface area contributed by atoms with Gasteiger partial charge in [0, 0.05) is 25.4 Å². The molecule has 0 aliphatic carbocycles. The van der Waals surface area contributed by atoms with Crippen LogP contribution in [0.3, 0.4) is 0 Å². The molecule has 3 heterocycles. The van der Waals surface area contributed by atoms with Crippen molar-refractivity contribution in [1.82, 2.24) is 20.2 Å². The summed E-state index contributed by atoms with van der Waals surface area (Å²) in [5.74, 6) is 1.19. The summed E-state index contributed by atoms with van der Waals surface area (Å²) in [5.41, 5.74) is 0.534. The normalized spacial score (nSPS) is 23.1. The summed E-state index contributed by atoms with van der Waals surface area (Å²) in [6, 6.07) is 7.92. The Morgan fingerprint density at radius 2 is 2.04 bits per heavy atom. The van der Waals surface area contributed by atoms with Crippen LogP contribution in [0.1, 0.15) is 44.3 Å². The van der Waals surface area contributed by atoms with Gasteiger partial charge >= 0.3 is 0 Å². The Hall–Kier alpha value is -2.21. The number of amides is 1. The molecule has 0 bridgehead atoms. The zero-order valence-corrected chi connectivity index (χ0v) is 15.7. The van der Waals surface area contributed by atoms with E-state index in [1.54, 1.807) is 6.07 Å². The Bertz CT molecular complexity index is 861. The fourth-order valence-electron chi connectivity index (χ4n) is 4.63. The minimum Gasteiger partial charge on any atom is -0.356 e. The van der Waals surface area contributed by atoms with Crippen molar-refractivity contribution >= 4 is 16.8 Å². The molecule has 0 spiro atoms. The van der Waals surface area contributed by atoms with Crippen molar-refractivity contribution in [2.75, 3.05) is 19.6 Å². The van der Waals surface area contributed by atoms with Crippen LogP contribution in [-0.4, -0.2) is 46.5 Å².